The summed E-state index contributed by atoms with van der Waals surface area (Å²) in [6.45, 7) is 2.04. The number of nitrogens with zero attached hydrogens (tertiary/aromatic N) is 3. The van der Waals surface area contributed by atoms with Crippen LogP contribution in [0.3, 0.4) is 0 Å². The number of aryl methyl sites for hydroxylation is 1. The average molecular weight is 335 g/mol. The Kier molecular flexibility index (Phi) is 4.64. The number of rotatable bonds is 4. The van der Waals surface area contributed by atoms with Crippen molar-refractivity contribution >= 4 is 27.4 Å². The molecular formula is C14H12BrFN4. The van der Waals surface area contributed by atoms with E-state index in [0.717, 1.165) is 12.8 Å². The summed E-state index contributed by atoms with van der Waals surface area (Å²) < 4.78 is 14.2. The van der Waals surface area contributed by atoms with Gasteiger partial charge < -0.3 is 5.32 Å². The molecule has 2 rings (SSSR count). The molecule has 0 aliphatic heterocycles. The van der Waals surface area contributed by atoms with Crippen LogP contribution in [0.2, 0.25) is 0 Å². The highest BCUT2D eigenvalue weighted by Gasteiger charge is 2.09. The van der Waals surface area contributed by atoms with Crippen LogP contribution < -0.4 is 5.32 Å². The summed E-state index contributed by atoms with van der Waals surface area (Å²) in [6.07, 6.45) is 1.68. The van der Waals surface area contributed by atoms with Gasteiger partial charge in [-0.1, -0.05) is 13.0 Å². The molecular weight excluding hydrogens is 323 g/mol. The van der Waals surface area contributed by atoms with E-state index in [4.69, 9.17) is 5.26 Å². The van der Waals surface area contributed by atoms with Crippen molar-refractivity contribution in [3.63, 3.8) is 0 Å². The van der Waals surface area contributed by atoms with Gasteiger partial charge in [0.1, 0.15) is 33.7 Å². The van der Waals surface area contributed by atoms with Gasteiger partial charge in [0.2, 0.25) is 0 Å². The molecule has 6 heteroatoms. The van der Waals surface area contributed by atoms with Gasteiger partial charge in [-0.15, -0.1) is 0 Å². The van der Waals surface area contributed by atoms with Gasteiger partial charge in [-0.05, 0) is 34.5 Å². The summed E-state index contributed by atoms with van der Waals surface area (Å²) in [7, 11) is 0. The van der Waals surface area contributed by atoms with Crippen molar-refractivity contribution in [2.45, 2.75) is 19.8 Å². The molecule has 0 aliphatic carbocycles. The van der Waals surface area contributed by atoms with Crippen LogP contribution >= 0.6 is 15.9 Å². The Bertz CT molecular complexity index is 667. The molecule has 2 aromatic rings. The van der Waals surface area contributed by atoms with Gasteiger partial charge in [-0.2, -0.15) is 5.26 Å². The van der Waals surface area contributed by atoms with E-state index in [-0.39, 0.29) is 5.56 Å². The number of nitriles is 1. The minimum absolute atomic E-state index is 0.0284. The Hall–Kier alpha value is -2.00. The van der Waals surface area contributed by atoms with E-state index >= 15 is 0 Å². The van der Waals surface area contributed by atoms with Crippen LogP contribution in [0.25, 0.3) is 0 Å². The van der Waals surface area contributed by atoms with Crippen LogP contribution in [0.4, 0.5) is 15.9 Å². The van der Waals surface area contributed by atoms with E-state index in [1.54, 1.807) is 18.2 Å². The van der Waals surface area contributed by atoms with Gasteiger partial charge in [-0.25, -0.2) is 14.4 Å². The second-order valence-corrected chi connectivity index (χ2v) is 4.95. The maximum absolute atomic E-state index is 13.5. The first kappa shape index (κ1) is 14.4. The average Bonchev–Trinajstić information content (AvgIpc) is 2.38. The Morgan fingerprint density at radius 2 is 2.20 bits per heavy atom. The van der Waals surface area contributed by atoms with E-state index in [1.165, 1.54) is 6.07 Å². The molecule has 0 atom stereocenters. The van der Waals surface area contributed by atoms with Crippen LogP contribution in [0, 0.1) is 17.1 Å². The van der Waals surface area contributed by atoms with Gasteiger partial charge in [0.15, 0.2) is 0 Å². The predicted molar refractivity (Wildman–Crippen MR) is 78.1 cm³/mol. The summed E-state index contributed by atoms with van der Waals surface area (Å²) >= 11 is 3.32. The molecule has 1 aromatic heterocycles. The Labute approximate surface area is 124 Å². The molecule has 0 radical (unpaired) electrons. The molecule has 0 saturated carbocycles. The van der Waals surface area contributed by atoms with Gasteiger partial charge in [0.05, 0.1) is 5.69 Å². The molecule has 1 N–H and O–H groups in total. The SMILES string of the molecule is CCCc1nc(Br)cc(Nc2cccc(F)c2C#N)n1. The second-order valence-electron chi connectivity index (χ2n) is 4.14. The minimum Gasteiger partial charge on any atom is -0.339 e. The molecule has 0 spiro atoms. The van der Waals surface area contributed by atoms with Gasteiger partial charge in [0.25, 0.3) is 0 Å². The minimum atomic E-state index is -0.556. The lowest BCUT2D eigenvalue weighted by Crippen LogP contribution is -2.02. The van der Waals surface area contributed by atoms with Gasteiger partial charge >= 0.3 is 0 Å². The molecule has 102 valence electrons. The number of benzene rings is 1. The highest BCUT2D eigenvalue weighted by atomic mass is 79.9. The number of aromatic nitrogens is 2. The number of nitrogens with one attached hydrogen (secondary N) is 1. The smallest absolute Gasteiger partial charge is 0.143 e. The number of anilines is 2. The summed E-state index contributed by atoms with van der Waals surface area (Å²) in [4.78, 5) is 8.59. The number of hydrogen-bond donors (Lipinski definition) is 1. The zero-order valence-corrected chi connectivity index (χ0v) is 12.4. The predicted octanol–water partition coefficient (Wildman–Crippen LogP) is 3.95. The number of hydrogen-bond acceptors (Lipinski definition) is 4. The molecule has 0 saturated heterocycles. The molecule has 0 aliphatic rings. The molecule has 1 aromatic carbocycles. The van der Waals surface area contributed by atoms with Crippen molar-refractivity contribution in [1.29, 1.82) is 5.26 Å². The Balaban J connectivity index is 2.35. The quantitative estimate of drug-likeness (QED) is 0.860. The fourth-order valence-corrected chi connectivity index (χ4v) is 2.17. The first-order valence-corrected chi connectivity index (χ1v) is 6.92. The first-order chi connectivity index (χ1) is 9.63. The maximum atomic E-state index is 13.5. The molecule has 0 unspecified atom stereocenters. The van der Waals surface area contributed by atoms with Crippen LogP contribution in [0.1, 0.15) is 24.7 Å². The molecule has 1 heterocycles. The molecule has 4 nitrogen and oxygen atoms in total. The largest absolute Gasteiger partial charge is 0.339 e. The monoisotopic (exact) mass is 334 g/mol. The first-order valence-electron chi connectivity index (χ1n) is 6.13. The Morgan fingerprint density at radius 1 is 1.40 bits per heavy atom. The van der Waals surface area contributed by atoms with Gasteiger partial charge in [0, 0.05) is 12.5 Å². The Morgan fingerprint density at radius 3 is 2.90 bits per heavy atom. The lowest BCUT2D eigenvalue weighted by atomic mass is 10.2. The van der Waals surface area contributed by atoms with E-state index in [0.29, 0.717) is 21.9 Å². The van der Waals surface area contributed by atoms with Crippen LogP contribution in [-0.2, 0) is 6.42 Å². The highest BCUT2D eigenvalue weighted by Crippen LogP contribution is 2.23. The lowest BCUT2D eigenvalue weighted by molar-refractivity contribution is 0.624. The molecule has 0 amide bonds. The topological polar surface area (TPSA) is 61.6 Å². The van der Waals surface area contributed by atoms with E-state index in [9.17, 15) is 4.39 Å². The van der Waals surface area contributed by atoms with Crippen LogP contribution in [0.15, 0.2) is 28.9 Å². The third-order valence-electron chi connectivity index (χ3n) is 2.60. The molecule has 0 bridgehead atoms. The standard InChI is InChI=1S/C14H12BrFN4/c1-2-4-13-19-12(15)7-14(20-13)18-11-6-3-5-10(16)9(11)8-17/h3,5-7H,2,4H2,1H3,(H,18,19,20). The van der Waals surface area contributed by atoms with Crippen molar-refractivity contribution in [1.82, 2.24) is 9.97 Å². The zero-order valence-electron chi connectivity index (χ0n) is 10.8. The van der Waals surface area contributed by atoms with Crippen molar-refractivity contribution in [3.8, 4) is 6.07 Å². The summed E-state index contributed by atoms with van der Waals surface area (Å²) in [5.74, 6) is 0.663. The second kappa shape index (κ2) is 6.44. The van der Waals surface area contributed by atoms with E-state index in [1.807, 2.05) is 13.0 Å². The molecule has 0 fully saturated rings. The van der Waals surface area contributed by atoms with Crippen molar-refractivity contribution in [2.75, 3.05) is 5.32 Å². The van der Waals surface area contributed by atoms with Crippen molar-refractivity contribution < 1.29 is 4.39 Å². The van der Waals surface area contributed by atoms with E-state index < -0.39 is 5.82 Å². The maximum Gasteiger partial charge on any atom is 0.143 e. The van der Waals surface area contributed by atoms with Crippen LogP contribution in [0.5, 0.6) is 0 Å². The summed E-state index contributed by atoms with van der Waals surface area (Å²) in [5.41, 5.74) is 0.361. The van der Waals surface area contributed by atoms with E-state index in [2.05, 4.69) is 31.2 Å². The molecule has 20 heavy (non-hydrogen) atoms. The lowest BCUT2D eigenvalue weighted by Gasteiger charge is -2.09. The fourth-order valence-electron chi connectivity index (χ4n) is 1.74. The third kappa shape index (κ3) is 3.31. The summed E-state index contributed by atoms with van der Waals surface area (Å²) in [5, 5.41) is 12.0. The fraction of sp³-hybridized carbons (Fsp3) is 0.214. The third-order valence-corrected chi connectivity index (χ3v) is 3.01. The normalized spacial score (nSPS) is 10.1. The van der Waals surface area contributed by atoms with Crippen molar-refractivity contribution in [3.05, 3.63) is 46.1 Å². The number of halogens is 2. The summed E-state index contributed by atoms with van der Waals surface area (Å²) in [6, 6.07) is 7.96. The highest BCUT2D eigenvalue weighted by molar-refractivity contribution is 9.10. The van der Waals surface area contributed by atoms with Gasteiger partial charge in [-0.3, -0.25) is 0 Å². The van der Waals surface area contributed by atoms with Crippen LogP contribution in [-0.4, -0.2) is 9.97 Å². The zero-order chi connectivity index (χ0) is 14.5. The van der Waals surface area contributed by atoms with Crippen molar-refractivity contribution in [2.24, 2.45) is 0 Å².